The Kier molecular flexibility index (Phi) is 8.39. The summed E-state index contributed by atoms with van der Waals surface area (Å²) in [6.45, 7) is 3.86. The number of aromatic nitrogens is 1. The molecule has 0 aliphatic heterocycles. The van der Waals surface area contributed by atoms with Gasteiger partial charge in [-0.2, -0.15) is 0 Å². The van der Waals surface area contributed by atoms with Crippen molar-refractivity contribution in [3.05, 3.63) is 16.1 Å². The zero-order valence-corrected chi connectivity index (χ0v) is 13.4. The summed E-state index contributed by atoms with van der Waals surface area (Å²) in [6.07, 6.45) is 3.74. The predicted molar refractivity (Wildman–Crippen MR) is 83.0 cm³/mol. The summed E-state index contributed by atoms with van der Waals surface area (Å²) in [7, 11) is 2.17. The molecular weight excluding hydrogens is 289 g/mol. The molecule has 0 radical (unpaired) electrons. The molecule has 1 heterocycles. The Labute approximate surface area is 126 Å². The van der Waals surface area contributed by atoms with E-state index in [9.17, 15) is 0 Å². The van der Waals surface area contributed by atoms with E-state index in [4.69, 9.17) is 5.73 Å². The molecule has 2 N–H and O–H groups in total. The molecule has 3 nitrogen and oxygen atoms in total. The fourth-order valence-corrected chi connectivity index (χ4v) is 2.91. The molecule has 1 aliphatic carbocycles. The average molecular weight is 312 g/mol. The zero-order chi connectivity index (χ0) is 11.5. The number of likely N-dealkylation sites (N-methyl/N-ethyl adjacent to an activating group) is 1. The number of hydrogen-bond donors (Lipinski definition) is 1. The van der Waals surface area contributed by atoms with Gasteiger partial charge in [0.2, 0.25) is 0 Å². The van der Waals surface area contributed by atoms with E-state index < -0.39 is 0 Å². The van der Waals surface area contributed by atoms with Gasteiger partial charge in [-0.1, -0.05) is 6.92 Å². The minimum atomic E-state index is 0. The molecule has 6 heteroatoms. The van der Waals surface area contributed by atoms with Crippen molar-refractivity contribution in [3.63, 3.8) is 0 Å². The molecule has 18 heavy (non-hydrogen) atoms. The van der Waals surface area contributed by atoms with Crippen molar-refractivity contribution in [2.24, 2.45) is 11.7 Å². The van der Waals surface area contributed by atoms with Gasteiger partial charge in [0, 0.05) is 24.5 Å². The summed E-state index contributed by atoms with van der Waals surface area (Å²) in [5.41, 5.74) is 7.04. The van der Waals surface area contributed by atoms with Crippen LogP contribution in [0.5, 0.6) is 0 Å². The Morgan fingerprint density at radius 2 is 2.17 bits per heavy atom. The van der Waals surface area contributed by atoms with Crippen molar-refractivity contribution in [1.29, 1.82) is 0 Å². The summed E-state index contributed by atoms with van der Waals surface area (Å²) < 4.78 is 0. The Morgan fingerprint density at radius 1 is 1.50 bits per heavy atom. The fourth-order valence-electron chi connectivity index (χ4n) is 2.17. The topological polar surface area (TPSA) is 42.2 Å². The maximum Gasteiger partial charge on any atom is 0.0926 e. The zero-order valence-electron chi connectivity index (χ0n) is 11.0. The van der Waals surface area contributed by atoms with Crippen LogP contribution < -0.4 is 5.73 Å². The van der Waals surface area contributed by atoms with Gasteiger partial charge in [-0.25, -0.2) is 4.98 Å². The second-order valence-corrected chi connectivity index (χ2v) is 5.58. The van der Waals surface area contributed by atoms with Gasteiger partial charge in [0.15, 0.2) is 0 Å². The quantitative estimate of drug-likeness (QED) is 0.878. The standard InChI is InChI=1S/C12H21N3S.2ClH/c1-3-12-14-10(8-16-12)7-15(2)11(6-13)9-4-5-9;;/h8-9,11H,3-7,13H2,1-2H3;2*1H. The summed E-state index contributed by atoms with van der Waals surface area (Å²) in [5.74, 6) is 0.833. The highest BCUT2D eigenvalue weighted by atomic mass is 35.5. The largest absolute Gasteiger partial charge is 0.329 e. The lowest BCUT2D eigenvalue weighted by molar-refractivity contribution is 0.213. The second kappa shape index (κ2) is 8.33. The first-order chi connectivity index (χ1) is 7.74. The van der Waals surface area contributed by atoms with E-state index in [1.165, 1.54) is 23.5 Å². The molecule has 0 amide bonds. The van der Waals surface area contributed by atoms with E-state index in [-0.39, 0.29) is 24.8 Å². The van der Waals surface area contributed by atoms with Gasteiger partial charge >= 0.3 is 0 Å². The molecule has 106 valence electrons. The Morgan fingerprint density at radius 3 is 2.61 bits per heavy atom. The smallest absolute Gasteiger partial charge is 0.0926 e. The number of nitrogens with two attached hydrogens (primary N) is 1. The molecule has 0 bridgehead atoms. The van der Waals surface area contributed by atoms with Crippen LogP contribution in [0.1, 0.15) is 30.5 Å². The van der Waals surface area contributed by atoms with Crippen LogP contribution in [0.25, 0.3) is 0 Å². The molecule has 0 saturated heterocycles. The van der Waals surface area contributed by atoms with Crippen LogP contribution in [0.3, 0.4) is 0 Å². The van der Waals surface area contributed by atoms with E-state index in [2.05, 4.69) is 29.2 Å². The van der Waals surface area contributed by atoms with E-state index in [1.807, 2.05) is 0 Å². The van der Waals surface area contributed by atoms with Crippen molar-refractivity contribution < 1.29 is 0 Å². The molecular formula is C12H23Cl2N3S. The first kappa shape index (κ1) is 18.1. The van der Waals surface area contributed by atoms with Crippen molar-refractivity contribution >= 4 is 36.2 Å². The Balaban J connectivity index is 0.00000144. The van der Waals surface area contributed by atoms with Gasteiger partial charge in [-0.15, -0.1) is 36.2 Å². The van der Waals surface area contributed by atoms with Crippen LogP contribution in [0.15, 0.2) is 5.38 Å². The average Bonchev–Trinajstić information content (AvgIpc) is 2.99. The minimum Gasteiger partial charge on any atom is -0.329 e. The number of aryl methyl sites for hydroxylation is 1. The first-order valence-electron chi connectivity index (χ1n) is 6.08. The van der Waals surface area contributed by atoms with Crippen LogP contribution in [-0.4, -0.2) is 29.5 Å². The van der Waals surface area contributed by atoms with Crippen LogP contribution in [-0.2, 0) is 13.0 Å². The lowest BCUT2D eigenvalue weighted by Crippen LogP contribution is -2.39. The van der Waals surface area contributed by atoms with E-state index in [1.54, 1.807) is 11.3 Å². The van der Waals surface area contributed by atoms with Crippen molar-refractivity contribution in [2.75, 3.05) is 13.6 Å². The fraction of sp³-hybridized carbons (Fsp3) is 0.750. The van der Waals surface area contributed by atoms with Crippen LogP contribution in [0.2, 0.25) is 0 Å². The maximum atomic E-state index is 5.84. The highest BCUT2D eigenvalue weighted by Gasteiger charge is 2.32. The Hall–Kier alpha value is 0.130. The van der Waals surface area contributed by atoms with Gasteiger partial charge in [-0.05, 0) is 32.2 Å². The molecule has 1 atom stereocenters. The number of thiazole rings is 1. The highest BCUT2D eigenvalue weighted by Crippen LogP contribution is 2.34. The van der Waals surface area contributed by atoms with Crippen molar-refractivity contribution in [1.82, 2.24) is 9.88 Å². The SMILES string of the molecule is CCc1nc(CN(C)C(CN)C2CC2)cs1.Cl.Cl. The molecule has 1 fully saturated rings. The van der Waals surface area contributed by atoms with Crippen molar-refractivity contribution in [2.45, 2.75) is 38.8 Å². The molecule has 1 aromatic heterocycles. The van der Waals surface area contributed by atoms with Gasteiger partial charge in [-0.3, -0.25) is 4.90 Å². The number of nitrogens with zero attached hydrogens (tertiary/aromatic N) is 2. The maximum absolute atomic E-state index is 5.84. The van der Waals surface area contributed by atoms with Crippen LogP contribution in [0.4, 0.5) is 0 Å². The van der Waals surface area contributed by atoms with Gasteiger partial charge in [0.1, 0.15) is 0 Å². The second-order valence-electron chi connectivity index (χ2n) is 4.64. The molecule has 1 aromatic rings. The Bertz CT molecular complexity index is 342. The van der Waals surface area contributed by atoms with E-state index >= 15 is 0 Å². The summed E-state index contributed by atoms with van der Waals surface area (Å²) in [5, 5.41) is 3.41. The normalized spacial score (nSPS) is 16.0. The van der Waals surface area contributed by atoms with Gasteiger partial charge in [0.25, 0.3) is 0 Å². The molecule has 2 rings (SSSR count). The molecule has 1 saturated carbocycles. The monoisotopic (exact) mass is 311 g/mol. The number of rotatable bonds is 6. The summed E-state index contributed by atoms with van der Waals surface area (Å²) in [4.78, 5) is 6.97. The van der Waals surface area contributed by atoms with Gasteiger partial charge in [0.05, 0.1) is 10.7 Å². The first-order valence-corrected chi connectivity index (χ1v) is 6.96. The third kappa shape index (κ3) is 4.67. The van der Waals surface area contributed by atoms with Gasteiger partial charge < -0.3 is 5.73 Å². The third-order valence-electron chi connectivity index (χ3n) is 3.29. The number of halogens is 2. The van der Waals surface area contributed by atoms with E-state index in [0.717, 1.165) is 25.4 Å². The summed E-state index contributed by atoms with van der Waals surface area (Å²) in [6, 6.07) is 0.548. The minimum absolute atomic E-state index is 0. The predicted octanol–water partition coefficient (Wildman–Crippen LogP) is 2.72. The van der Waals surface area contributed by atoms with Crippen LogP contribution >= 0.6 is 36.2 Å². The molecule has 0 aromatic carbocycles. The molecule has 0 spiro atoms. The lowest BCUT2D eigenvalue weighted by atomic mass is 10.1. The third-order valence-corrected chi connectivity index (χ3v) is 4.33. The van der Waals surface area contributed by atoms with Crippen LogP contribution in [0, 0.1) is 5.92 Å². The molecule has 1 aliphatic rings. The van der Waals surface area contributed by atoms with E-state index in [0.29, 0.717) is 6.04 Å². The molecule has 1 unspecified atom stereocenters. The highest BCUT2D eigenvalue weighted by molar-refractivity contribution is 7.09. The van der Waals surface area contributed by atoms with Crippen molar-refractivity contribution in [3.8, 4) is 0 Å². The lowest BCUT2D eigenvalue weighted by Gasteiger charge is -2.26. The number of hydrogen-bond acceptors (Lipinski definition) is 4. The summed E-state index contributed by atoms with van der Waals surface area (Å²) >= 11 is 1.77.